The Morgan fingerprint density at radius 1 is 1.00 bits per heavy atom. The van der Waals surface area contributed by atoms with E-state index in [0.717, 1.165) is 11.4 Å². The van der Waals surface area contributed by atoms with Crippen LogP contribution < -0.4 is 14.2 Å². The van der Waals surface area contributed by atoms with Crippen molar-refractivity contribution in [2.24, 2.45) is 0 Å². The summed E-state index contributed by atoms with van der Waals surface area (Å²) in [6.45, 7) is 3.82. The van der Waals surface area contributed by atoms with Gasteiger partial charge in [0.1, 0.15) is 0 Å². The molecule has 142 valence electrons. The van der Waals surface area contributed by atoms with Crippen LogP contribution in [0.15, 0.2) is 47.5 Å². The van der Waals surface area contributed by atoms with E-state index in [1.54, 1.807) is 16.8 Å². The number of aryl methyl sites for hydroxylation is 2. The average molecular weight is 388 g/mol. The molecule has 3 aromatic rings. The topological polar surface area (TPSA) is 95.3 Å². The lowest BCUT2D eigenvalue weighted by Crippen LogP contribution is -2.13. The van der Waals surface area contributed by atoms with Crippen LogP contribution in [0.5, 0.6) is 11.5 Å². The van der Waals surface area contributed by atoms with Crippen molar-refractivity contribution in [2.45, 2.75) is 18.7 Å². The lowest BCUT2D eigenvalue weighted by Gasteiger charge is -2.12. The first-order valence-electron chi connectivity index (χ1n) is 8.08. The van der Waals surface area contributed by atoms with Gasteiger partial charge in [0.05, 0.1) is 36.7 Å². The molecule has 0 aliphatic rings. The van der Waals surface area contributed by atoms with Crippen LogP contribution in [0.3, 0.4) is 0 Å². The van der Waals surface area contributed by atoms with Gasteiger partial charge in [-0.2, -0.15) is 5.10 Å². The van der Waals surface area contributed by atoms with E-state index >= 15 is 0 Å². The molecule has 3 rings (SSSR count). The number of nitrogens with zero attached hydrogens (tertiary/aromatic N) is 3. The monoisotopic (exact) mass is 388 g/mol. The van der Waals surface area contributed by atoms with Gasteiger partial charge in [-0.3, -0.25) is 4.72 Å². The zero-order valence-electron chi connectivity index (χ0n) is 15.4. The molecule has 0 radical (unpaired) electrons. The van der Waals surface area contributed by atoms with E-state index < -0.39 is 10.0 Å². The number of aromatic nitrogens is 3. The molecule has 9 heteroatoms. The molecule has 0 spiro atoms. The Kier molecular flexibility index (Phi) is 5.04. The van der Waals surface area contributed by atoms with E-state index in [0.29, 0.717) is 23.0 Å². The summed E-state index contributed by atoms with van der Waals surface area (Å²) in [5.41, 5.74) is 2.17. The molecular formula is C18H20N4O4S. The largest absolute Gasteiger partial charge is 0.493 e. The molecule has 0 bridgehead atoms. The Balaban J connectivity index is 1.85. The second kappa shape index (κ2) is 7.28. The van der Waals surface area contributed by atoms with Gasteiger partial charge in [0.2, 0.25) is 0 Å². The predicted molar refractivity (Wildman–Crippen MR) is 101 cm³/mol. The fraction of sp³-hybridized carbons (Fsp3) is 0.222. The number of benzene rings is 1. The molecule has 0 amide bonds. The minimum absolute atomic E-state index is 0.0581. The Labute approximate surface area is 157 Å². The first kappa shape index (κ1) is 18.7. The normalized spacial score (nSPS) is 11.3. The highest BCUT2D eigenvalue weighted by atomic mass is 32.2. The molecule has 0 saturated carbocycles. The number of ether oxygens (including phenoxy) is 2. The molecule has 0 saturated heterocycles. The lowest BCUT2D eigenvalue weighted by atomic mass is 10.3. The summed E-state index contributed by atoms with van der Waals surface area (Å²) in [7, 11) is -0.866. The van der Waals surface area contributed by atoms with Gasteiger partial charge in [-0.1, -0.05) is 0 Å². The molecule has 0 aliphatic heterocycles. The van der Waals surface area contributed by atoms with Crippen LogP contribution in [0, 0.1) is 13.8 Å². The fourth-order valence-corrected chi connectivity index (χ4v) is 3.69. The maximum Gasteiger partial charge on any atom is 0.262 e. The Bertz CT molecular complexity index is 1060. The van der Waals surface area contributed by atoms with Crippen molar-refractivity contribution in [2.75, 3.05) is 18.9 Å². The minimum atomic E-state index is -3.80. The van der Waals surface area contributed by atoms with Gasteiger partial charge >= 0.3 is 0 Å². The molecule has 0 unspecified atom stereocenters. The van der Waals surface area contributed by atoms with Gasteiger partial charge in [0.25, 0.3) is 10.0 Å². The first-order valence-corrected chi connectivity index (χ1v) is 9.57. The molecule has 0 aliphatic carbocycles. The first-order chi connectivity index (χ1) is 12.8. The summed E-state index contributed by atoms with van der Waals surface area (Å²) in [4.78, 5) is 4.35. The second-order valence-corrected chi connectivity index (χ2v) is 7.55. The number of hydrogen-bond donors (Lipinski definition) is 1. The van der Waals surface area contributed by atoms with Crippen LogP contribution in [-0.4, -0.2) is 37.4 Å². The SMILES string of the molecule is COc1ccc(S(=O)(=O)Nc2ccc(-n3nc(C)cc3C)nc2)cc1OC. The van der Waals surface area contributed by atoms with Gasteiger partial charge in [-0.15, -0.1) is 0 Å². The highest BCUT2D eigenvalue weighted by molar-refractivity contribution is 7.92. The number of sulfonamides is 1. The summed E-state index contributed by atoms with van der Waals surface area (Å²) in [6, 6.07) is 9.66. The predicted octanol–water partition coefficient (Wildman–Crippen LogP) is 2.70. The maximum absolute atomic E-state index is 12.6. The summed E-state index contributed by atoms with van der Waals surface area (Å²) >= 11 is 0. The number of nitrogens with one attached hydrogen (secondary N) is 1. The van der Waals surface area contributed by atoms with E-state index in [2.05, 4.69) is 14.8 Å². The van der Waals surface area contributed by atoms with Crippen molar-refractivity contribution in [3.63, 3.8) is 0 Å². The van der Waals surface area contributed by atoms with Crippen LogP contribution in [0.1, 0.15) is 11.4 Å². The van der Waals surface area contributed by atoms with Crippen molar-refractivity contribution in [1.29, 1.82) is 0 Å². The van der Waals surface area contributed by atoms with Gasteiger partial charge in [0.15, 0.2) is 17.3 Å². The Morgan fingerprint density at radius 3 is 2.30 bits per heavy atom. The standard InChI is InChI=1S/C18H20N4O4S/c1-12-9-13(2)22(20-12)18-8-5-14(11-19-18)21-27(23,24)15-6-7-16(25-3)17(10-15)26-4/h5-11,21H,1-4H3. The van der Waals surface area contributed by atoms with E-state index in [1.165, 1.54) is 38.6 Å². The molecule has 0 fully saturated rings. The van der Waals surface area contributed by atoms with Crippen LogP contribution in [-0.2, 0) is 10.0 Å². The van der Waals surface area contributed by atoms with Crippen LogP contribution in [0.4, 0.5) is 5.69 Å². The van der Waals surface area contributed by atoms with Crippen LogP contribution in [0.2, 0.25) is 0 Å². The van der Waals surface area contributed by atoms with Gasteiger partial charge in [-0.25, -0.2) is 18.1 Å². The smallest absolute Gasteiger partial charge is 0.262 e. The highest BCUT2D eigenvalue weighted by Gasteiger charge is 2.17. The molecule has 2 aromatic heterocycles. The fourth-order valence-electron chi connectivity index (χ4n) is 2.63. The van der Waals surface area contributed by atoms with Crippen molar-refractivity contribution < 1.29 is 17.9 Å². The summed E-state index contributed by atoms with van der Waals surface area (Å²) in [6.07, 6.45) is 1.45. The number of pyridine rings is 1. The molecule has 1 N–H and O–H groups in total. The highest BCUT2D eigenvalue weighted by Crippen LogP contribution is 2.30. The van der Waals surface area contributed by atoms with E-state index in [4.69, 9.17) is 9.47 Å². The van der Waals surface area contributed by atoms with Crippen molar-refractivity contribution in [3.05, 3.63) is 54.0 Å². The number of hydrogen-bond acceptors (Lipinski definition) is 6. The third kappa shape index (κ3) is 3.87. The lowest BCUT2D eigenvalue weighted by molar-refractivity contribution is 0.354. The molecule has 1 aromatic carbocycles. The molecule has 2 heterocycles. The van der Waals surface area contributed by atoms with Gasteiger partial charge < -0.3 is 9.47 Å². The molecule has 8 nitrogen and oxygen atoms in total. The minimum Gasteiger partial charge on any atom is -0.493 e. The van der Waals surface area contributed by atoms with Crippen LogP contribution >= 0.6 is 0 Å². The molecule has 0 atom stereocenters. The summed E-state index contributed by atoms with van der Waals surface area (Å²) < 4.78 is 39.8. The zero-order chi connectivity index (χ0) is 19.6. The van der Waals surface area contributed by atoms with Gasteiger partial charge in [-0.05, 0) is 44.2 Å². The van der Waals surface area contributed by atoms with Crippen molar-refractivity contribution in [1.82, 2.24) is 14.8 Å². The molecule has 27 heavy (non-hydrogen) atoms. The second-order valence-electron chi connectivity index (χ2n) is 5.87. The van der Waals surface area contributed by atoms with Crippen molar-refractivity contribution in [3.8, 4) is 17.3 Å². The molecular weight excluding hydrogens is 368 g/mol. The van der Waals surface area contributed by atoms with Crippen LogP contribution in [0.25, 0.3) is 5.82 Å². The Hall–Kier alpha value is -3.07. The number of methoxy groups -OCH3 is 2. The number of anilines is 1. The van der Waals surface area contributed by atoms with E-state index in [1.807, 2.05) is 19.9 Å². The van der Waals surface area contributed by atoms with E-state index in [-0.39, 0.29) is 4.90 Å². The number of rotatable bonds is 6. The average Bonchev–Trinajstić information content (AvgIpc) is 2.99. The quantitative estimate of drug-likeness (QED) is 0.698. The van der Waals surface area contributed by atoms with Crippen molar-refractivity contribution >= 4 is 15.7 Å². The van der Waals surface area contributed by atoms with E-state index in [9.17, 15) is 8.42 Å². The zero-order valence-corrected chi connectivity index (χ0v) is 16.2. The summed E-state index contributed by atoms with van der Waals surface area (Å²) in [5.74, 6) is 1.39. The van der Waals surface area contributed by atoms with Gasteiger partial charge in [0, 0.05) is 11.8 Å². The third-order valence-electron chi connectivity index (χ3n) is 3.89. The summed E-state index contributed by atoms with van der Waals surface area (Å²) in [5, 5.41) is 4.36. The maximum atomic E-state index is 12.6. The third-order valence-corrected chi connectivity index (χ3v) is 5.27. The Morgan fingerprint density at radius 2 is 1.74 bits per heavy atom.